The Labute approximate surface area is 112 Å². The van der Waals surface area contributed by atoms with Crippen molar-refractivity contribution < 1.29 is 19.4 Å². The standard InChI is InChI=1S/C14H21NO4/c16-13(11-4-5-12(19-11)14(17)18)15-7-9-2-1-3-10(6-9)8-15/h9-12H,1-8H2,(H,17,18)/t9?,10?,11-,12+/m0/s1. The van der Waals surface area contributed by atoms with Crippen molar-refractivity contribution in [3.8, 4) is 0 Å². The molecule has 19 heavy (non-hydrogen) atoms. The fraction of sp³-hybridized carbons (Fsp3) is 0.857. The second kappa shape index (κ2) is 5.12. The first kappa shape index (κ1) is 12.9. The number of amides is 1. The van der Waals surface area contributed by atoms with Gasteiger partial charge >= 0.3 is 5.97 Å². The highest BCUT2D eigenvalue weighted by Crippen LogP contribution is 2.35. The van der Waals surface area contributed by atoms with Crippen LogP contribution in [-0.4, -0.2) is 47.2 Å². The minimum atomic E-state index is -0.953. The van der Waals surface area contributed by atoms with Gasteiger partial charge in [-0.15, -0.1) is 0 Å². The second-order valence-corrected chi connectivity index (χ2v) is 6.17. The molecule has 3 rings (SSSR count). The number of hydrogen-bond donors (Lipinski definition) is 1. The molecule has 1 aliphatic carbocycles. The Morgan fingerprint density at radius 3 is 2.21 bits per heavy atom. The molecule has 3 aliphatic rings. The van der Waals surface area contributed by atoms with Gasteiger partial charge in [0.15, 0.2) is 6.10 Å². The van der Waals surface area contributed by atoms with Gasteiger partial charge in [-0.05, 0) is 43.9 Å². The molecule has 2 unspecified atom stereocenters. The number of carboxylic acid groups (broad SMARTS) is 1. The van der Waals surface area contributed by atoms with Crippen LogP contribution in [0.2, 0.25) is 0 Å². The van der Waals surface area contributed by atoms with Crippen LogP contribution >= 0.6 is 0 Å². The SMILES string of the molecule is O=C(O)[C@H]1CC[C@@H](C(=O)N2CC3CCCC(C3)C2)O1. The van der Waals surface area contributed by atoms with E-state index in [0.29, 0.717) is 24.7 Å². The number of rotatable bonds is 2. The number of nitrogens with zero attached hydrogens (tertiary/aromatic N) is 1. The molecule has 1 saturated carbocycles. The third-order valence-corrected chi connectivity index (χ3v) is 4.73. The zero-order chi connectivity index (χ0) is 13.4. The lowest BCUT2D eigenvalue weighted by Gasteiger charge is -2.42. The number of carbonyl (C=O) groups excluding carboxylic acids is 1. The molecule has 5 nitrogen and oxygen atoms in total. The van der Waals surface area contributed by atoms with E-state index < -0.39 is 18.2 Å². The monoisotopic (exact) mass is 267 g/mol. The first-order valence-electron chi connectivity index (χ1n) is 7.30. The van der Waals surface area contributed by atoms with Gasteiger partial charge in [0.1, 0.15) is 6.10 Å². The van der Waals surface area contributed by atoms with Crippen LogP contribution in [0.1, 0.15) is 38.5 Å². The minimum absolute atomic E-state index is 0.0142. The Bertz CT molecular complexity index is 372. The average molecular weight is 267 g/mol. The van der Waals surface area contributed by atoms with Gasteiger partial charge in [-0.2, -0.15) is 0 Å². The molecule has 3 fully saturated rings. The van der Waals surface area contributed by atoms with E-state index in [1.165, 1.54) is 25.7 Å². The number of carboxylic acids is 1. The highest BCUT2D eigenvalue weighted by molar-refractivity contribution is 5.82. The number of ether oxygens (including phenoxy) is 1. The maximum atomic E-state index is 12.4. The van der Waals surface area contributed by atoms with Gasteiger partial charge < -0.3 is 14.7 Å². The highest BCUT2D eigenvalue weighted by Gasteiger charge is 2.40. The lowest BCUT2D eigenvalue weighted by atomic mass is 9.78. The van der Waals surface area contributed by atoms with E-state index in [-0.39, 0.29) is 5.91 Å². The number of piperidine rings is 1. The molecule has 2 aliphatic heterocycles. The van der Waals surface area contributed by atoms with Crippen molar-refractivity contribution in [2.24, 2.45) is 11.8 Å². The summed E-state index contributed by atoms with van der Waals surface area (Å²) in [5.74, 6) is 0.354. The molecule has 106 valence electrons. The summed E-state index contributed by atoms with van der Waals surface area (Å²) in [5, 5.41) is 8.90. The summed E-state index contributed by atoms with van der Waals surface area (Å²) in [6, 6.07) is 0. The second-order valence-electron chi connectivity index (χ2n) is 6.17. The number of fused-ring (bicyclic) bond motifs is 2. The first-order chi connectivity index (χ1) is 9.13. The maximum absolute atomic E-state index is 12.4. The van der Waals surface area contributed by atoms with Gasteiger partial charge in [0.2, 0.25) is 0 Å². The molecule has 0 aromatic heterocycles. The number of likely N-dealkylation sites (tertiary alicyclic amines) is 1. The van der Waals surface area contributed by atoms with Gasteiger partial charge in [-0.1, -0.05) is 6.42 Å². The average Bonchev–Trinajstić information content (AvgIpc) is 2.87. The Kier molecular flexibility index (Phi) is 3.48. The van der Waals surface area contributed by atoms with E-state index in [1.807, 2.05) is 4.90 Å². The largest absolute Gasteiger partial charge is 0.479 e. The smallest absolute Gasteiger partial charge is 0.332 e. The fourth-order valence-corrected chi connectivity index (χ4v) is 3.82. The first-order valence-corrected chi connectivity index (χ1v) is 7.30. The molecule has 4 atom stereocenters. The third-order valence-electron chi connectivity index (χ3n) is 4.73. The van der Waals surface area contributed by atoms with Crippen molar-refractivity contribution in [1.82, 2.24) is 4.90 Å². The van der Waals surface area contributed by atoms with Crippen molar-refractivity contribution in [3.05, 3.63) is 0 Å². The summed E-state index contributed by atoms with van der Waals surface area (Å²) in [5.41, 5.74) is 0. The zero-order valence-corrected chi connectivity index (χ0v) is 11.1. The lowest BCUT2D eigenvalue weighted by Crippen LogP contribution is -2.49. The maximum Gasteiger partial charge on any atom is 0.332 e. The van der Waals surface area contributed by atoms with Crippen molar-refractivity contribution in [2.45, 2.75) is 50.7 Å². The molecule has 5 heteroatoms. The number of hydrogen-bond acceptors (Lipinski definition) is 3. The summed E-state index contributed by atoms with van der Waals surface area (Å²) >= 11 is 0. The predicted molar refractivity (Wildman–Crippen MR) is 67.6 cm³/mol. The molecule has 2 heterocycles. The van der Waals surface area contributed by atoms with E-state index in [1.54, 1.807) is 0 Å². The highest BCUT2D eigenvalue weighted by atomic mass is 16.5. The van der Waals surface area contributed by atoms with Crippen molar-refractivity contribution in [2.75, 3.05) is 13.1 Å². The zero-order valence-electron chi connectivity index (χ0n) is 11.1. The van der Waals surface area contributed by atoms with E-state index in [2.05, 4.69) is 0 Å². The van der Waals surface area contributed by atoms with Gasteiger partial charge in [0.25, 0.3) is 5.91 Å². The summed E-state index contributed by atoms with van der Waals surface area (Å²) in [4.78, 5) is 25.2. The molecule has 1 amide bonds. The van der Waals surface area contributed by atoms with Crippen molar-refractivity contribution >= 4 is 11.9 Å². The van der Waals surface area contributed by atoms with Gasteiger partial charge in [0.05, 0.1) is 0 Å². The number of aliphatic carboxylic acids is 1. The Hall–Kier alpha value is -1.10. The normalized spacial score (nSPS) is 38.2. The van der Waals surface area contributed by atoms with Crippen molar-refractivity contribution in [3.63, 3.8) is 0 Å². The van der Waals surface area contributed by atoms with Gasteiger partial charge in [0, 0.05) is 13.1 Å². The summed E-state index contributed by atoms with van der Waals surface area (Å²) in [7, 11) is 0. The van der Waals surface area contributed by atoms with E-state index in [9.17, 15) is 9.59 Å². The molecular formula is C14H21NO4. The quantitative estimate of drug-likeness (QED) is 0.818. The molecule has 1 N–H and O–H groups in total. The van der Waals surface area contributed by atoms with Crippen LogP contribution in [0.3, 0.4) is 0 Å². The fourth-order valence-electron chi connectivity index (χ4n) is 3.82. The van der Waals surface area contributed by atoms with E-state index in [4.69, 9.17) is 9.84 Å². The van der Waals surface area contributed by atoms with Gasteiger partial charge in [-0.3, -0.25) is 4.79 Å². The molecule has 0 spiro atoms. The van der Waals surface area contributed by atoms with Crippen LogP contribution in [0.15, 0.2) is 0 Å². The van der Waals surface area contributed by atoms with Crippen LogP contribution in [-0.2, 0) is 14.3 Å². The molecule has 0 aromatic rings. The molecule has 0 aromatic carbocycles. The molecule has 2 saturated heterocycles. The van der Waals surface area contributed by atoms with Gasteiger partial charge in [-0.25, -0.2) is 4.79 Å². The Morgan fingerprint density at radius 2 is 1.63 bits per heavy atom. The molecule has 2 bridgehead atoms. The Morgan fingerprint density at radius 1 is 1.00 bits per heavy atom. The van der Waals surface area contributed by atoms with Crippen LogP contribution < -0.4 is 0 Å². The third kappa shape index (κ3) is 2.61. The van der Waals surface area contributed by atoms with E-state index >= 15 is 0 Å². The molecular weight excluding hydrogens is 246 g/mol. The van der Waals surface area contributed by atoms with E-state index in [0.717, 1.165) is 13.1 Å². The van der Waals surface area contributed by atoms with Crippen molar-refractivity contribution in [1.29, 1.82) is 0 Å². The minimum Gasteiger partial charge on any atom is -0.479 e. The van der Waals surface area contributed by atoms with Crippen LogP contribution in [0, 0.1) is 11.8 Å². The Balaban J connectivity index is 1.60. The number of carbonyl (C=O) groups is 2. The summed E-state index contributed by atoms with van der Waals surface area (Å²) < 4.78 is 5.37. The molecule has 0 radical (unpaired) electrons. The summed E-state index contributed by atoms with van der Waals surface area (Å²) in [6.07, 6.45) is 4.67. The lowest BCUT2D eigenvalue weighted by molar-refractivity contribution is -0.156. The predicted octanol–water partition coefficient (Wildman–Crippen LogP) is 1.27. The van der Waals surface area contributed by atoms with Crippen LogP contribution in [0.5, 0.6) is 0 Å². The van der Waals surface area contributed by atoms with Crippen LogP contribution in [0.4, 0.5) is 0 Å². The summed E-state index contributed by atoms with van der Waals surface area (Å²) in [6.45, 7) is 1.68. The topological polar surface area (TPSA) is 66.8 Å². The van der Waals surface area contributed by atoms with Crippen LogP contribution in [0.25, 0.3) is 0 Å².